The van der Waals surface area contributed by atoms with Gasteiger partial charge < -0.3 is 24.3 Å². The topological polar surface area (TPSA) is 96.0 Å². The number of thiazole rings is 1. The summed E-state index contributed by atoms with van der Waals surface area (Å²) in [6, 6.07) is 11.4. The number of nitrogens with zero attached hydrogens (tertiary/aromatic N) is 1. The van der Waals surface area contributed by atoms with Crippen molar-refractivity contribution in [3.05, 3.63) is 74.4 Å². The van der Waals surface area contributed by atoms with Gasteiger partial charge in [0.2, 0.25) is 0 Å². The minimum Gasteiger partial charge on any atom is -0.496 e. The second-order valence-electron chi connectivity index (χ2n) is 8.47. The van der Waals surface area contributed by atoms with Gasteiger partial charge in [-0.2, -0.15) is 0 Å². The summed E-state index contributed by atoms with van der Waals surface area (Å²) >= 11 is 5.01. The van der Waals surface area contributed by atoms with Crippen LogP contribution in [0.25, 0.3) is 21.8 Å². The number of allylic oxidation sites excluding steroid dienone is 2. The molecule has 1 aliphatic rings. The number of carbonyl (C=O) groups excluding carboxylic acids is 2. The van der Waals surface area contributed by atoms with Crippen LogP contribution >= 0.6 is 27.3 Å². The van der Waals surface area contributed by atoms with Gasteiger partial charge in [0.15, 0.2) is 0 Å². The number of ether oxygens (including phenoxy) is 4. The second-order valence-corrected chi connectivity index (χ2v) is 10.2. The van der Waals surface area contributed by atoms with Gasteiger partial charge in [0.25, 0.3) is 0 Å². The lowest BCUT2D eigenvalue weighted by Crippen LogP contribution is -2.32. The Morgan fingerprint density at radius 2 is 1.55 bits per heavy atom. The molecule has 0 saturated heterocycles. The van der Waals surface area contributed by atoms with E-state index in [1.165, 1.54) is 25.6 Å². The molecular weight excluding hydrogens is 572 g/mol. The minimum absolute atomic E-state index is 0.350. The molecule has 0 fully saturated rings. The number of carbonyl (C=O) groups is 2. The van der Waals surface area contributed by atoms with Crippen LogP contribution in [0.5, 0.6) is 11.5 Å². The van der Waals surface area contributed by atoms with Gasteiger partial charge in [-0.15, -0.1) is 11.3 Å². The maximum absolute atomic E-state index is 12.8. The van der Waals surface area contributed by atoms with Crippen LogP contribution in [-0.2, 0) is 19.1 Å². The third-order valence-electron chi connectivity index (χ3n) is 6.29. The molecule has 0 unspecified atom stereocenters. The van der Waals surface area contributed by atoms with Crippen molar-refractivity contribution in [3.63, 3.8) is 0 Å². The van der Waals surface area contributed by atoms with E-state index < -0.39 is 17.9 Å². The predicted octanol–water partition coefficient (Wildman–Crippen LogP) is 5.84. The van der Waals surface area contributed by atoms with Crippen LogP contribution in [0, 0.1) is 0 Å². The maximum Gasteiger partial charge on any atom is 0.336 e. The zero-order valence-electron chi connectivity index (χ0n) is 21.8. The summed E-state index contributed by atoms with van der Waals surface area (Å²) < 4.78 is 21.9. The second kappa shape index (κ2) is 11.4. The summed E-state index contributed by atoms with van der Waals surface area (Å²) in [6.07, 6.45) is 0. The fourth-order valence-corrected chi connectivity index (χ4v) is 5.85. The zero-order chi connectivity index (χ0) is 27.6. The van der Waals surface area contributed by atoms with Crippen molar-refractivity contribution in [1.29, 1.82) is 0 Å². The molecule has 1 aliphatic heterocycles. The molecule has 2 aromatic carbocycles. The highest BCUT2D eigenvalue weighted by molar-refractivity contribution is 9.10. The van der Waals surface area contributed by atoms with Gasteiger partial charge in [-0.05, 0) is 47.5 Å². The lowest BCUT2D eigenvalue weighted by Gasteiger charge is -2.30. The normalized spacial score (nSPS) is 13.8. The molecular formula is C28H27BrN2O6S. The van der Waals surface area contributed by atoms with Gasteiger partial charge in [-0.1, -0.05) is 18.2 Å². The Balaban J connectivity index is 1.80. The van der Waals surface area contributed by atoms with Crippen molar-refractivity contribution in [1.82, 2.24) is 10.3 Å². The molecule has 0 saturated carbocycles. The van der Waals surface area contributed by atoms with Gasteiger partial charge in [0, 0.05) is 34.0 Å². The van der Waals surface area contributed by atoms with E-state index in [9.17, 15) is 9.59 Å². The summed E-state index contributed by atoms with van der Waals surface area (Å²) in [7, 11) is 5.84. The van der Waals surface area contributed by atoms with Crippen LogP contribution in [0.2, 0.25) is 0 Å². The van der Waals surface area contributed by atoms with E-state index in [2.05, 4.69) is 21.2 Å². The Morgan fingerprint density at radius 3 is 2.13 bits per heavy atom. The molecule has 4 rings (SSSR count). The molecule has 38 heavy (non-hydrogen) atoms. The quantitative estimate of drug-likeness (QED) is 0.339. The van der Waals surface area contributed by atoms with Crippen LogP contribution in [0.15, 0.2) is 68.8 Å². The first-order valence-electron chi connectivity index (χ1n) is 11.6. The summed E-state index contributed by atoms with van der Waals surface area (Å²) in [6.45, 7) is 3.57. The number of dihydropyridines is 1. The van der Waals surface area contributed by atoms with E-state index >= 15 is 0 Å². The number of halogens is 1. The number of benzene rings is 2. The third kappa shape index (κ3) is 5.06. The first kappa shape index (κ1) is 27.4. The van der Waals surface area contributed by atoms with Crippen molar-refractivity contribution in [2.24, 2.45) is 0 Å². The fourth-order valence-electron chi connectivity index (χ4n) is 4.53. The molecule has 0 radical (unpaired) electrons. The van der Waals surface area contributed by atoms with Crippen molar-refractivity contribution in [2.75, 3.05) is 28.4 Å². The van der Waals surface area contributed by atoms with Crippen LogP contribution in [-0.4, -0.2) is 45.4 Å². The van der Waals surface area contributed by atoms with Gasteiger partial charge in [-0.25, -0.2) is 14.6 Å². The number of nitrogens with one attached hydrogen (secondary N) is 1. The fraction of sp³-hybridized carbons (Fsp3) is 0.250. The standard InChI is InChI=1S/C28H27BrN2O6S/c1-14-23(27(32)36-5)25(24(15(2)30-14)28(33)37-6)16-8-7-9-17(10-16)26-31-20(13-38-26)18-11-19(29)22(35-4)12-21(18)34-3/h7-13,25,30H,1-6H3. The van der Waals surface area contributed by atoms with E-state index in [4.69, 9.17) is 23.9 Å². The molecule has 8 nitrogen and oxygen atoms in total. The SMILES string of the molecule is COC(=O)C1=C(C)NC(C)=C(C(=O)OC)C1c1cccc(-c2nc(-c3cc(Br)c(OC)cc3OC)cs2)c1. The summed E-state index contributed by atoms with van der Waals surface area (Å²) in [5.74, 6) is -0.420. The van der Waals surface area contributed by atoms with Crippen LogP contribution in [0.1, 0.15) is 25.3 Å². The van der Waals surface area contributed by atoms with Gasteiger partial charge in [-0.3, -0.25) is 0 Å². The lowest BCUT2D eigenvalue weighted by molar-refractivity contribution is -0.137. The first-order valence-corrected chi connectivity index (χ1v) is 13.2. The predicted molar refractivity (Wildman–Crippen MR) is 149 cm³/mol. The number of rotatable bonds is 7. The van der Waals surface area contributed by atoms with E-state index in [0.717, 1.165) is 31.9 Å². The summed E-state index contributed by atoms with van der Waals surface area (Å²) in [5.41, 5.74) is 5.08. The van der Waals surface area contributed by atoms with Crippen LogP contribution in [0.4, 0.5) is 0 Å². The molecule has 0 aliphatic carbocycles. The third-order valence-corrected chi connectivity index (χ3v) is 7.80. The van der Waals surface area contributed by atoms with Crippen LogP contribution in [0.3, 0.4) is 0 Å². The van der Waals surface area contributed by atoms with Crippen molar-refractivity contribution in [3.8, 4) is 33.3 Å². The zero-order valence-corrected chi connectivity index (χ0v) is 24.2. The van der Waals surface area contributed by atoms with Gasteiger partial charge in [0.05, 0.1) is 55.7 Å². The highest BCUT2D eigenvalue weighted by Gasteiger charge is 2.37. The summed E-state index contributed by atoms with van der Waals surface area (Å²) in [4.78, 5) is 30.6. The Bertz CT molecular complexity index is 1440. The maximum atomic E-state index is 12.8. The average Bonchev–Trinajstić information content (AvgIpc) is 3.42. The van der Waals surface area contributed by atoms with Crippen molar-refractivity contribution < 1.29 is 28.5 Å². The molecule has 0 amide bonds. The van der Waals surface area contributed by atoms with E-state index in [0.29, 0.717) is 34.0 Å². The molecule has 1 aromatic heterocycles. The molecule has 0 bridgehead atoms. The molecule has 0 atom stereocenters. The highest BCUT2D eigenvalue weighted by atomic mass is 79.9. The Morgan fingerprint density at radius 1 is 0.921 bits per heavy atom. The van der Waals surface area contributed by atoms with Gasteiger partial charge in [0.1, 0.15) is 16.5 Å². The van der Waals surface area contributed by atoms with Crippen LogP contribution < -0.4 is 14.8 Å². The molecule has 2 heterocycles. The monoisotopic (exact) mass is 598 g/mol. The largest absolute Gasteiger partial charge is 0.496 e. The summed E-state index contributed by atoms with van der Waals surface area (Å²) in [5, 5.41) is 5.85. The van der Waals surface area contributed by atoms with E-state index in [1.54, 1.807) is 28.1 Å². The lowest BCUT2D eigenvalue weighted by atomic mass is 9.80. The van der Waals surface area contributed by atoms with E-state index in [1.807, 2.05) is 41.8 Å². The smallest absolute Gasteiger partial charge is 0.336 e. The molecule has 1 N–H and O–H groups in total. The Labute approximate surface area is 233 Å². The van der Waals surface area contributed by atoms with Crippen molar-refractivity contribution in [2.45, 2.75) is 19.8 Å². The average molecular weight is 600 g/mol. The Hall–Kier alpha value is -3.63. The number of methoxy groups -OCH3 is 4. The minimum atomic E-state index is -0.673. The number of hydrogen-bond acceptors (Lipinski definition) is 9. The molecule has 10 heteroatoms. The van der Waals surface area contributed by atoms with Gasteiger partial charge >= 0.3 is 11.9 Å². The molecule has 0 spiro atoms. The van der Waals surface area contributed by atoms with E-state index in [-0.39, 0.29) is 0 Å². The number of esters is 2. The number of hydrogen-bond donors (Lipinski definition) is 1. The first-order chi connectivity index (χ1) is 18.2. The Kier molecular flexibility index (Phi) is 8.23. The number of aromatic nitrogens is 1. The highest BCUT2D eigenvalue weighted by Crippen LogP contribution is 2.42. The molecule has 3 aromatic rings. The molecule has 198 valence electrons. The van der Waals surface area contributed by atoms with Crippen molar-refractivity contribution >= 4 is 39.2 Å².